The van der Waals surface area contributed by atoms with Crippen LogP contribution in [0.5, 0.6) is 0 Å². The van der Waals surface area contributed by atoms with Gasteiger partial charge in [0.25, 0.3) is 0 Å². The van der Waals surface area contributed by atoms with E-state index in [1.54, 1.807) is 0 Å². The van der Waals surface area contributed by atoms with Gasteiger partial charge in [-0.3, -0.25) is 0 Å². The standard InChI is InChI=1S/C61H44N2/c1-61(2)53-31-13-8-30-52(53)60-54(61)32-19-37-59(60)62(43-23-18-22-42(40-43)45-39-38-44(41-20-4-3-5-21-41)46-24-6-7-25-47(45)46)55-33-14-9-26-48(55)49-27-10-15-34-56(49)63-57-35-16-11-28-50(57)51-29-12-17-36-58(51)63/h3-40H,1-2H3. The summed E-state index contributed by atoms with van der Waals surface area (Å²) in [7, 11) is 0. The lowest BCUT2D eigenvalue weighted by Crippen LogP contribution is -2.16. The number of aromatic nitrogens is 1. The highest BCUT2D eigenvalue weighted by molar-refractivity contribution is 6.10. The summed E-state index contributed by atoms with van der Waals surface area (Å²) in [4.78, 5) is 2.53. The van der Waals surface area contributed by atoms with Crippen LogP contribution < -0.4 is 4.90 Å². The van der Waals surface area contributed by atoms with Crippen molar-refractivity contribution in [3.8, 4) is 50.2 Å². The van der Waals surface area contributed by atoms with Gasteiger partial charge < -0.3 is 9.47 Å². The molecule has 0 amide bonds. The average molecular weight is 805 g/mol. The molecule has 12 rings (SSSR count). The Labute approximate surface area is 368 Å². The Hall–Kier alpha value is -7.94. The van der Waals surface area contributed by atoms with Gasteiger partial charge in [0.05, 0.1) is 28.1 Å². The van der Waals surface area contributed by atoms with E-state index in [0.717, 1.165) is 33.9 Å². The molecular weight excluding hydrogens is 761 g/mol. The minimum atomic E-state index is -0.155. The summed E-state index contributed by atoms with van der Waals surface area (Å²) in [5.74, 6) is 0. The molecule has 2 nitrogen and oxygen atoms in total. The van der Waals surface area contributed by atoms with E-state index in [1.807, 2.05) is 0 Å². The first-order chi connectivity index (χ1) is 31.1. The van der Waals surface area contributed by atoms with Gasteiger partial charge in [-0.2, -0.15) is 0 Å². The van der Waals surface area contributed by atoms with Crippen molar-refractivity contribution in [2.75, 3.05) is 4.90 Å². The summed E-state index contributed by atoms with van der Waals surface area (Å²) < 4.78 is 2.45. The van der Waals surface area contributed by atoms with E-state index >= 15 is 0 Å². The maximum Gasteiger partial charge on any atom is 0.0543 e. The second kappa shape index (κ2) is 14.6. The maximum atomic E-state index is 2.53. The van der Waals surface area contributed by atoms with Gasteiger partial charge in [-0.1, -0.05) is 202 Å². The zero-order chi connectivity index (χ0) is 42.1. The Balaban J connectivity index is 1.11. The van der Waals surface area contributed by atoms with E-state index in [2.05, 4.69) is 254 Å². The minimum Gasteiger partial charge on any atom is -0.309 e. The highest BCUT2D eigenvalue weighted by atomic mass is 15.1. The van der Waals surface area contributed by atoms with Gasteiger partial charge in [0.2, 0.25) is 0 Å². The zero-order valence-electron chi connectivity index (χ0n) is 35.3. The molecule has 0 saturated carbocycles. The average Bonchev–Trinajstić information content (AvgIpc) is 3.80. The van der Waals surface area contributed by atoms with E-state index in [4.69, 9.17) is 0 Å². The molecule has 1 aliphatic carbocycles. The van der Waals surface area contributed by atoms with E-state index in [-0.39, 0.29) is 5.41 Å². The fourth-order valence-electron chi connectivity index (χ4n) is 10.5. The van der Waals surface area contributed by atoms with Crippen LogP contribution in [-0.4, -0.2) is 4.57 Å². The van der Waals surface area contributed by atoms with E-state index in [0.29, 0.717) is 0 Å². The molecule has 0 radical (unpaired) electrons. The van der Waals surface area contributed by atoms with Crippen molar-refractivity contribution in [3.05, 3.63) is 242 Å². The first kappa shape index (κ1) is 36.9. The topological polar surface area (TPSA) is 8.17 Å². The summed E-state index contributed by atoms with van der Waals surface area (Å²) in [6, 6.07) is 84.7. The normalized spacial score (nSPS) is 12.7. The summed E-state index contributed by atoms with van der Waals surface area (Å²) >= 11 is 0. The SMILES string of the molecule is CC1(C)c2ccccc2-c2c(N(c3cccc(-c4ccc(-c5ccccc5)c5ccccc45)c3)c3ccccc3-c3ccccc3-n3c4ccccc4c4ccccc43)cccc21. The molecule has 1 aliphatic rings. The molecule has 0 spiro atoms. The van der Waals surface area contributed by atoms with Gasteiger partial charge in [-0.05, 0) is 92.2 Å². The Morgan fingerprint density at radius 3 is 1.59 bits per heavy atom. The molecule has 0 atom stereocenters. The summed E-state index contributed by atoms with van der Waals surface area (Å²) in [5.41, 5.74) is 19.2. The Bertz CT molecular complexity index is 3500. The van der Waals surface area contributed by atoms with Crippen molar-refractivity contribution in [3.63, 3.8) is 0 Å². The van der Waals surface area contributed by atoms with Crippen LogP contribution in [0.4, 0.5) is 17.1 Å². The monoisotopic (exact) mass is 804 g/mol. The second-order valence-electron chi connectivity index (χ2n) is 17.2. The van der Waals surface area contributed by atoms with E-state index < -0.39 is 0 Å². The number of benzene rings is 10. The van der Waals surface area contributed by atoms with Gasteiger partial charge >= 0.3 is 0 Å². The van der Waals surface area contributed by atoms with Crippen LogP contribution in [0.1, 0.15) is 25.0 Å². The molecule has 0 unspecified atom stereocenters. The molecule has 10 aromatic carbocycles. The highest BCUT2D eigenvalue weighted by Crippen LogP contribution is 2.55. The fourth-order valence-corrected chi connectivity index (χ4v) is 10.5. The van der Waals surface area contributed by atoms with Crippen molar-refractivity contribution < 1.29 is 0 Å². The number of para-hydroxylation sites is 4. The number of nitrogens with zero attached hydrogens (tertiary/aromatic N) is 2. The van der Waals surface area contributed by atoms with Gasteiger partial charge in [-0.15, -0.1) is 0 Å². The molecule has 0 aliphatic heterocycles. The third kappa shape index (κ3) is 5.79. The Kier molecular flexibility index (Phi) is 8.55. The molecule has 1 aromatic heterocycles. The van der Waals surface area contributed by atoms with Crippen LogP contribution in [0.3, 0.4) is 0 Å². The van der Waals surface area contributed by atoms with Gasteiger partial charge in [0, 0.05) is 38.6 Å². The minimum absolute atomic E-state index is 0.155. The molecule has 298 valence electrons. The predicted molar refractivity (Wildman–Crippen MR) is 267 cm³/mol. The fraction of sp³-hybridized carbons (Fsp3) is 0.0492. The van der Waals surface area contributed by atoms with Crippen LogP contribution in [0.15, 0.2) is 231 Å². The van der Waals surface area contributed by atoms with Crippen LogP contribution >= 0.6 is 0 Å². The highest BCUT2D eigenvalue weighted by Gasteiger charge is 2.38. The number of anilines is 3. The lowest BCUT2D eigenvalue weighted by Gasteiger charge is -2.31. The van der Waals surface area contributed by atoms with E-state index in [1.165, 1.54) is 77.1 Å². The van der Waals surface area contributed by atoms with Crippen molar-refractivity contribution in [1.29, 1.82) is 0 Å². The summed E-state index contributed by atoms with van der Waals surface area (Å²) in [5, 5.41) is 4.98. The number of hydrogen-bond donors (Lipinski definition) is 0. The Morgan fingerprint density at radius 1 is 0.349 bits per heavy atom. The molecule has 0 saturated heterocycles. The lowest BCUT2D eigenvalue weighted by atomic mass is 9.82. The quantitative estimate of drug-likeness (QED) is 0.156. The predicted octanol–water partition coefficient (Wildman–Crippen LogP) is 16.7. The number of fused-ring (bicyclic) bond motifs is 7. The zero-order valence-corrected chi connectivity index (χ0v) is 35.3. The van der Waals surface area contributed by atoms with Crippen molar-refractivity contribution >= 4 is 49.6 Å². The van der Waals surface area contributed by atoms with Crippen LogP contribution in [0.25, 0.3) is 82.8 Å². The molecule has 11 aromatic rings. The van der Waals surface area contributed by atoms with Crippen molar-refractivity contribution in [2.45, 2.75) is 19.3 Å². The molecule has 1 heterocycles. The third-order valence-corrected chi connectivity index (χ3v) is 13.4. The first-order valence-electron chi connectivity index (χ1n) is 21.9. The Morgan fingerprint density at radius 2 is 0.857 bits per heavy atom. The molecule has 0 bridgehead atoms. The van der Waals surface area contributed by atoms with Crippen LogP contribution in [0.2, 0.25) is 0 Å². The maximum absolute atomic E-state index is 2.53. The van der Waals surface area contributed by atoms with Crippen molar-refractivity contribution in [2.24, 2.45) is 0 Å². The largest absolute Gasteiger partial charge is 0.309 e. The molecular formula is C61H44N2. The van der Waals surface area contributed by atoms with E-state index in [9.17, 15) is 0 Å². The molecule has 0 N–H and O–H groups in total. The summed E-state index contributed by atoms with van der Waals surface area (Å²) in [6.07, 6.45) is 0. The number of hydrogen-bond acceptors (Lipinski definition) is 1. The van der Waals surface area contributed by atoms with Crippen molar-refractivity contribution in [1.82, 2.24) is 4.57 Å². The first-order valence-corrected chi connectivity index (χ1v) is 21.9. The lowest BCUT2D eigenvalue weighted by molar-refractivity contribution is 0.660. The second-order valence-corrected chi connectivity index (χ2v) is 17.2. The smallest absolute Gasteiger partial charge is 0.0543 e. The van der Waals surface area contributed by atoms with Crippen LogP contribution in [0, 0.1) is 0 Å². The number of rotatable bonds is 7. The van der Waals surface area contributed by atoms with Gasteiger partial charge in [-0.25, -0.2) is 0 Å². The van der Waals surface area contributed by atoms with Crippen LogP contribution in [-0.2, 0) is 5.41 Å². The van der Waals surface area contributed by atoms with Gasteiger partial charge in [0.15, 0.2) is 0 Å². The third-order valence-electron chi connectivity index (χ3n) is 13.4. The molecule has 0 fully saturated rings. The molecule has 2 heteroatoms. The summed E-state index contributed by atoms with van der Waals surface area (Å²) in [6.45, 7) is 4.74. The van der Waals surface area contributed by atoms with Gasteiger partial charge in [0.1, 0.15) is 0 Å². The molecule has 63 heavy (non-hydrogen) atoms.